The van der Waals surface area contributed by atoms with Crippen LogP contribution in [-0.4, -0.2) is 5.91 Å². The van der Waals surface area contributed by atoms with Crippen LogP contribution in [0.3, 0.4) is 0 Å². The fraction of sp³-hybridized carbons (Fsp3) is 0.500. The predicted molar refractivity (Wildman–Crippen MR) is 117 cm³/mol. The highest BCUT2D eigenvalue weighted by molar-refractivity contribution is 5.79. The van der Waals surface area contributed by atoms with Gasteiger partial charge >= 0.3 is 0 Å². The molecule has 1 aliphatic carbocycles. The van der Waals surface area contributed by atoms with Crippen molar-refractivity contribution < 1.29 is 4.79 Å². The number of amides is 1. The molecule has 1 saturated carbocycles. The van der Waals surface area contributed by atoms with Gasteiger partial charge in [-0.3, -0.25) is 4.79 Å². The summed E-state index contributed by atoms with van der Waals surface area (Å²) >= 11 is 0. The maximum absolute atomic E-state index is 12.7. The SMILES string of the molecule is CCCCCc1ccc(C2CCC(C(=O)N[C@@H](C)c3ccccc3)CC2)cc1. The molecular formula is C26H35NO. The molecule has 1 aliphatic rings. The first kappa shape index (κ1) is 20.6. The summed E-state index contributed by atoms with van der Waals surface area (Å²) in [4.78, 5) is 12.7. The number of aryl methyl sites for hydroxylation is 1. The van der Waals surface area contributed by atoms with Gasteiger partial charge in [-0.05, 0) is 68.1 Å². The lowest BCUT2D eigenvalue weighted by Crippen LogP contribution is -2.34. The minimum absolute atomic E-state index is 0.0756. The number of carbonyl (C=O) groups is 1. The number of carbonyl (C=O) groups excluding carboxylic acids is 1. The van der Waals surface area contributed by atoms with E-state index < -0.39 is 0 Å². The molecule has 0 heterocycles. The molecule has 1 amide bonds. The first-order valence-corrected chi connectivity index (χ1v) is 11.1. The van der Waals surface area contributed by atoms with E-state index in [0.29, 0.717) is 5.92 Å². The van der Waals surface area contributed by atoms with E-state index in [1.807, 2.05) is 18.2 Å². The lowest BCUT2D eigenvalue weighted by molar-refractivity contribution is -0.126. The molecule has 2 aromatic rings. The zero-order chi connectivity index (χ0) is 19.8. The second-order valence-electron chi connectivity index (χ2n) is 8.39. The van der Waals surface area contributed by atoms with E-state index in [-0.39, 0.29) is 17.9 Å². The number of nitrogens with one attached hydrogen (secondary N) is 1. The standard InChI is InChI=1S/C26H35NO/c1-3-4-6-9-21-12-14-23(15-13-21)24-16-18-25(19-17-24)26(28)27-20(2)22-10-7-5-8-11-22/h5,7-8,10-15,20,24-25H,3-4,6,9,16-19H2,1-2H3,(H,27,28)/t20-,24?,25?/m0/s1. The molecule has 0 spiro atoms. The molecule has 0 aromatic heterocycles. The molecule has 150 valence electrons. The Balaban J connectivity index is 1.46. The summed E-state index contributed by atoms with van der Waals surface area (Å²) in [5.41, 5.74) is 4.08. The van der Waals surface area contributed by atoms with Gasteiger partial charge in [-0.15, -0.1) is 0 Å². The van der Waals surface area contributed by atoms with Gasteiger partial charge in [-0.25, -0.2) is 0 Å². The Hall–Kier alpha value is -2.09. The Bertz CT molecular complexity index is 714. The summed E-state index contributed by atoms with van der Waals surface area (Å²) in [7, 11) is 0. The van der Waals surface area contributed by atoms with Crippen LogP contribution >= 0.6 is 0 Å². The quantitative estimate of drug-likeness (QED) is 0.518. The highest BCUT2D eigenvalue weighted by Gasteiger charge is 2.27. The lowest BCUT2D eigenvalue weighted by atomic mass is 9.78. The fourth-order valence-electron chi connectivity index (χ4n) is 4.38. The van der Waals surface area contributed by atoms with Gasteiger partial charge in [-0.1, -0.05) is 74.4 Å². The van der Waals surface area contributed by atoms with Crippen LogP contribution in [0.2, 0.25) is 0 Å². The van der Waals surface area contributed by atoms with Gasteiger partial charge < -0.3 is 5.32 Å². The van der Waals surface area contributed by atoms with Crippen LogP contribution in [0.4, 0.5) is 0 Å². The number of benzene rings is 2. The third kappa shape index (κ3) is 5.70. The Kier molecular flexibility index (Phi) is 7.71. The van der Waals surface area contributed by atoms with Crippen LogP contribution in [0.25, 0.3) is 0 Å². The highest BCUT2D eigenvalue weighted by Crippen LogP contribution is 2.36. The third-order valence-electron chi connectivity index (χ3n) is 6.28. The van der Waals surface area contributed by atoms with Gasteiger partial charge in [0.05, 0.1) is 6.04 Å². The van der Waals surface area contributed by atoms with Crippen molar-refractivity contribution in [3.63, 3.8) is 0 Å². The van der Waals surface area contributed by atoms with Crippen LogP contribution in [0.5, 0.6) is 0 Å². The molecule has 1 atom stereocenters. The Morgan fingerprint density at radius 2 is 1.64 bits per heavy atom. The number of rotatable bonds is 8. The van der Waals surface area contributed by atoms with Crippen molar-refractivity contribution in [3.8, 4) is 0 Å². The number of hydrogen-bond donors (Lipinski definition) is 1. The maximum Gasteiger partial charge on any atom is 0.223 e. The first-order valence-electron chi connectivity index (χ1n) is 11.1. The molecule has 0 aliphatic heterocycles. The van der Waals surface area contributed by atoms with E-state index >= 15 is 0 Å². The Labute approximate surface area is 170 Å². The minimum Gasteiger partial charge on any atom is -0.349 e. The Morgan fingerprint density at radius 3 is 2.29 bits per heavy atom. The van der Waals surface area contributed by atoms with Crippen molar-refractivity contribution in [2.45, 2.75) is 77.2 Å². The van der Waals surface area contributed by atoms with E-state index in [1.165, 1.54) is 42.4 Å². The molecule has 3 rings (SSSR count). The van der Waals surface area contributed by atoms with Gasteiger partial charge in [0.1, 0.15) is 0 Å². The van der Waals surface area contributed by atoms with E-state index in [9.17, 15) is 4.79 Å². The average molecular weight is 378 g/mol. The molecule has 2 heteroatoms. The second-order valence-corrected chi connectivity index (χ2v) is 8.39. The predicted octanol–water partition coefficient (Wildman–Crippen LogP) is 6.57. The minimum atomic E-state index is 0.0756. The van der Waals surface area contributed by atoms with Crippen LogP contribution in [0.1, 0.15) is 87.4 Å². The van der Waals surface area contributed by atoms with E-state index in [2.05, 4.69) is 55.6 Å². The van der Waals surface area contributed by atoms with Gasteiger partial charge in [0.2, 0.25) is 5.91 Å². The molecular weight excluding hydrogens is 342 g/mol. The number of unbranched alkanes of at least 4 members (excludes halogenated alkanes) is 2. The topological polar surface area (TPSA) is 29.1 Å². The monoisotopic (exact) mass is 377 g/mol. The van der Waals surface area contributed by atoms with Gasteiger partial charge in [0.25, 0.3) is 0 Å². The van der Waals surface area contributed by atoms with Crippen LogP contribution < -0.4 is 5.32 Å². The maximum atomic E-state index is 12.7. The van der Waals surface area contributed by atoms with Crippen LogP contribution in [-0.2, 0) is 11.2 Å². The second kappa shape index (κ2) is 10.5. The first-order chi connectivity index (χ1) is 13.7. The molecule has 2 aromatic carbocycles. The summed E-state index contributed by atoms with van der Waals surface area (Å²) in [6.45, 7) is 4.32. The van der Waals surface area contributed by atoms with Crippen molar-refractivity contribution in [2.24, 2.45) is 5.92 Å². The number of hydrogen-bond acceptors (Lipinski definition) is 1. The third-order valence-corrected chi connectivity index (χ3v) is 6.28. The molecule has 0 radical (unpaired) electrons. The fourth-order valence-corrected chi connectivity index (χ4v) is 4.38. The van der Waals surface area contributed by atoms with Crippen LogP contribution in [0.15, 0.2) is 54.6 Å². The van der Waals surface area contributed by atoms with E-state index in [4.69, 9.17) is 0 Å². The lowest BCUT2D eigenvalue weighted by Gasteiger charge is -2.29. The van der Waals surface area contributed by atoms with Crippen molar-refractivity contribution >= 4 is 5.91 Å². The average Bonchev–Trinajstić information content (AvgIpc) is 2.75. The summed E-state index contributed by atoms with van der Waals surface area (Å²) in [5.74, 6) is 0.997. The Morgan fingerprint density at radius 1 is 0.964 bits per heavy atom. The van der Waals surface area contributed by atoms with Gasteiger partial charge in [0.15, 0.2) is 0 Å². The van der Waals surface area contributed by atoms with Crippen molar-refractivity contribution in [2.75, 3.05) is 0 Å². The summed E-state index contributed by atoms with van der Waals surface area (Å²) < 4.78 is 0. The molecule has 2 nitrogen and oxygen atoms in total. The van der Waals surface area contributed by atoms with Gasteiger partial charge in [-0.2, -0.15) is 0 Å². The van der Waals surface area contributed by atoms with Gasteiger partial charge in [0, 0.05) is 5.92 Å². The van der Waals surface area contributed by atoms with E-state index in [0.717, 1.165) is 25.7 Å². The van der Waals surface area contributed by atoms with Crippen molar-refractivity contribution in [1.29, 1.82) is 0 Å². The molecule has 1 fully saturated rings. The van der Waals surface area contributed by atoms with Crippen molar-refractivity contribution in [3.05, 3.63) is 71.3 Å². The molecule has 0 bridgehead atoms. The summed E-state index contributed by atoms with van der Waals surface area (Å²) in [5, 5.41) is 3.21. The molecule has 0 unspecified atom stereocenters. The summed E-state index contributed by atoms with van der Waals surface area (Å²) in [6, 6.07) is 19.6. The molecule has 0 saturated heterocycles. The largest absolute Gasteiger partial charge is 0.349 e. The molecule has 1 N–H and O–H groups in total. The highest BCUT2D eigenvalue weighted by atomic mass is 16.1. The summed E-state index contributed by atoms with van der Waals surface area (Å²) in [6.07, 6.45) is 9.31. The van der Waals surface area contributed by atoms with E-state index in [1.54, 1.807) is 0 Å². The zero-order valence-electron chi connectivity index (χ0n) is 17.5. The molecule has 28 heavy (non-hydrogen) atoms. The normalized spacial score (nSPS) is 20.5. The van der Waals surface area contributed by atoms with Crippen molar-refractivity contribution in [1.82, 2.24) is 5.32 Å². The zero-order valence-corrected chi connectivity index (χ0v) is 17.5. The van der Waals surface area contributed by atoms with Crippen LogP contribution in [0, 0.1) is 5.92 Å². The smallest absolute Gasteiger partial charge is 0.223 e.